The quantitative estimate of drug-likeness (QED) is 0.753. The number of pyridine rings is 1. The second kappa shape index (κ2) is 8.00. The summed E-state index contributed by atoms with van der Waals surface area (Å²) in [6.07, 6.45) is 5.97. The summed E-state index contributed by atoms with van der Waals surface area (Å²) in [4.78, 5) is 12.9. The molecule has 29 heavy (non-hydrogen) atoms. The number of hydrogen-bond acceptors (Lipinski definition) is 7. The SMILES string of the molecule is CS(=O)(=O)N1CCCC(Nc2nc(C3CNc4ncc(Cl)cc43)ncc2F)CC1. The van der Waals surface area contributed by atoms with E-state index in [0.717, 1.165) is 17.8 Å². The monoisotopic (exact) mass is 440 g/mol. The number of sulfonamides is 1. The Balaban J connectivity index is 1.52. The molecule has 8 nitrogen and oxygen atoms in total. The van der Waals surface area contributed by atoms with Crippen molar-refractivity contribution < 1.29 is 12.8 Å². The van der Waals surface area contributed by atoms with Crippen LogP contribution in [0.2, 0.25) is 5.02 Å². The van der Waals surface area contributed by atoms with E-state index >= 15 is 0 Å². The molecule has 4 heterocycles. The van der Waals surface area contributed by atoms with Crippen molar-refractivity contribution in [3.63, 3.8) is 0 Å². The summed E-state index contributed by atoms with van der Waals surface area (Å²) in [5.41, 5.74) is 0.883. The van der Waals surface area contributed by atoms with Gasteiger partial charge in [0.1, 0.15) is 11.6 Å². The molecular formula is C18H22ClFN6O2S. The molecule has 0 aromatic carbocycles. The minimum Gasteiger partial charge on any atom is -0.369 e. The van der Waals surface area contributed by atoms with Crippen molar-refractivity contribution in [1.29, 1.82) is 0 Å². The second-order valence-electron chi connectivity index (χ2n) is 7.38. The van der Waals surface area contributed by atoms with Gasteiger partial charge in [-0.3, -0.25) is 0 Å². The zero-order chi connectivity index (χ0) is 20.6. The molecule has 4 rings (SSSR count). The standard InChI is InChI=1S/C18H22ClFN6O2S/c1-29(27,28)26-5-2-3-12(4-6-26)24-18-15(20)10-23-17(25-18)14-9-22-16-13(14)7-11(19)8-21-16/h7-8,10,12,14H,2-6,9H2,1H3,(H,21,22)(H,23,24,25). The highest BCUT2D eigenvalue weighted by Gasteiger charge is 2.29. The van der Waals surface area contributed by atoms with Crippen molar-refractivity contribution >= 4 is 33.3 Å². The van der Waals surface area contributed by atoms with Gasteiger partial charge in [0, 0.05) is 37.4 Å². The summed E-state index contributed by atoms with van der Waals surface area (Å²) in [5.74, 6) is 0.638. The normalized spacial score (nSPS) is 22.6. The van der Waals surface area contributed by atoms with Crippen molar-refractivity contribution in [3.8, 4) is 0 Å². The van der Waals surface area contributed by atoms with Crippen LogP contribution in [-0.2, 0) is 10.0 Å². The maximum Gasteiger partial charge on any atom is 0.211 e. The van der Waals surface area contributed by atoms with Gasteiger partial charge in [0.25, 0.3) is 0 Å². The lowest BCUT2D eigenvalue weighted by Crippen LogP contribution is -2.31. The van der Waals surface area contributed by atoms with E-state index in [4.69, 9.17) is 11.6 Å². The Labute approximate surface area is 174 Å². The van der Waals surface area contributed by atoms with E-state index in [1.807, 2.05) is 6.07 Å². The lowest BCUT2D eigenvalue weighted by molar-refractivity contribution is 0.426. The number of aromatic nitrogens is 3. The Morgan fingerprint density at radius 2 is 2.10 bits per heavy atom. The van der Waals surface area contributed by atoms with Crippen LogP contribution in [0.15, 0.2) is 18.5 Å². The third-order valence-corrected chi connectivity index (χ3v) is 6.81. The molecule has 0 saturated carbocycles. The number of fused-ring (bicyclic) bond motifs is 1. The van der Waals surface area contributed by atoms with E-state index < -0.39 is 15.8 Å². The fourth-order valence-electron chi connectivity index (χ4n) is 3.80. The molecule has 0 bridgehead atoms. The van der Waals surface area contributed by atoms with E-state index in [1.54, 1.807) is 6.20 Å². The van der Waals surface area contributed by atoms with Crippen LogP contribution in [0.4, 0.5) is 16.0 Å². The first-order valence-electron chi connectivity index (χ1n) is 9.44. The van der Waals surface area contributed by atoms with Crippen LogP contribution in [0, 0.1) is 5.82 Å². The highest BCUT2D eigenvalue weighted by Crippen LogP contribution is 2.35. The number of hydrogen-bond donors (Lipinski definition) is 2. The topological polar surface area (TPSA) is 100 Å². The first-order valence-corrected chi connectivity index (χ1v) is 11.7. The average molecular weight is 441 g/mol. The molecule has 0 amide bonds. The molecule has 2 atom stereocenters. The van der Waals surface area contributed by atoms with Gasteiger partial charge >= 0.3 is 0 Å². The van der Waals surface area contributed by atoms with Crippen LogP contribution in [-0.4, -0.2) is 59.6 Å². The molecule has 2 aliphatic heterocycles. The Bertz CT molecular complexity index is 1020. The third kappa shape index (κ3) is 4.44. The number of nitrogens with one attached hydrogen (secondary N) is 2. The van der Waals surface area contributed by atoms with Crippen molar-refractivity contribution in [1.82, 2.24) is 19.3 Å². The summed E-state index contributed by atoms with van der Waals surface area (Å²) in [7, 11) is -3.22. The fraction of sp³-hybridized carbons (Fsp3) is 0.500. The van der Waals surface area contributed by atoms with Crippen molar-refractivity contribution in [2.24, 2.45) is 0 Å². The molecule has 2 unspecified atom stereocenters. The first-order chi connectivity index (χ1) is 13.8. The Morgan fingerprint density at radius 3 is 2.90 bits per heavy atom. The largest absolute Gasteiger partial charge is 0.369 e. The van der Waals surface area contributed by atoms with Gasteiger partial charge in [-0.2, -0.15) is 0 Å². The highest BCUT2D eigenvalue weighted by atomic mass is 35.5. The van der Waals surface area contributed by atoms with Crippen LogP contribution in [0.3, 0.4) is 0 Å². The highest BCUT2D eigenvalue weighted by molar-refractivity contribution is 7.88. The lowest BCUT2D eigenvalue weighted by atomic mass is 10.0. The van der Waals surface area contributed by atoms with E-state index in [1.165, 1.54) is 16.8 Å². The summed E-state index contributed by atoms with van der Waals surface area (Å²) in [6, 6.07) is 1.75. The molecule has 0 radical (unpaired) electrons. The molecule has 2 aromatic heterocycles. The lowest BCUT2D eigenvalue weighted by Gasteiger charge is -2.19. The molecule has 2 N–H and O–H groups in total. The third-order valence-electron chi connectivity index (χ3n) is 5.30. The zero-order valence-electron chi connectivity index (χ0n) is 15.9. The number of nitrogens with zero attached hydrogens (tertiary/aromatic N) is 4. The van der Waals surface area contributed by atoms with Gasteiger partial charge in [-0.1, -0.05) is 11.6 Å². The molecule has 0 spiro atoms. The maximum absolute atomic E-state index is 14.4. The van der Waals surface area contributed by atoms with Crippen molar-refractivity contribution in [2.45, 2.75) is 31.2 Å². The maximum atomic E-state index is 14.4. The molecule has 11 heteroatoms. The van der Waals surface area contributed by atoms with Gasteiger partial charge in [0.15, 0.2) is 11.6 Å². The van der Waals surface area contributed by atoms with Crippen LogP contribution in [0.5, 0.6) is 0 Å². The Morgan fingerprint density at radius 1 is 1.28 bits per heavy atom. The van der Waals surface area contributed by atoms with Gasteiger partial charge in [-0.25, -0.2) is 32.1 Å². The van der Waals surface area contributed by atoms with Crippen LogP contribution < -0.4 is 10.6 Å². The van der Waals surface area contributed by atoms with Gasteiger partial charge in [-0.15, -0.1) is 0 Å². The van der Waals surface area contributed by atoms with Crippen molar-refractivity contribution in [3.05, 3.63) is 40.7 Å². The van der Waals surface area contributed by atoms with Gasteiger partial charge in [0.05, 0.1) is 23.4 Å². The molecule has 1 saturated heterocycles. The second-order valence-corrected chi connectivity index (χ2v) is 9.80. The predicted octanol–water partition coefficient (Wildman–Crippen LogP) is 2.45. The smallest absolute Gasteiger partial charge is 0.211 e. The minimum absolute atomic E-state index is 0.0656. The number of rotatable bonds is 4. The zero-order valence-corrected chi connectivity index (χ0v) is 17.5. The first kappa shape index (κ1) is 20.2. The van der Waals surface area contributed by atoms with Crippen LogP contribution in [0.1, 0.15) is 36.6 Å². The van der Waals surface area contributed by atoms with E-state index in [9.17, 15) is 12.8 Å². The molecule has 2 aliphatic rings. The molecule has 2 aromatic rings. The molecular weight excluding hydrogens is 419 g/mol. The van der Waals surface area contributed by atoms with Gasteiger partial charge < -0.3 is 10.6 Å². The minimum atomic E-state index is -3.22. The van der Waals surface area contributed by atoms with Gasteiger partial charge in [-0.05, 0) is 25.3 Å². The summed E-state index contributed by atoms with van der Waals surface area (Å²) < 4.78 is 39.4. The summed E-state index contributed by atoms with van der Waals surface area (Å²) in [5, 5.41) is 6.86. The van der Waals surface area contributed by atoms with Crippen LogP contribution >= 0.6 is 11.6 Å². The van der Waals surface area contributed by atoms with Gasteiger partial charge in [0.2, 0.25) is 10.0 Å². The molecule has 1 fully saturated rings. The summed E-state index contributed by atoms with van der Waals surface area (Å²) >= 11 is 6.07. The van der Waals surface area contributed by atoms with Crippen LogP contribution in [0.25, 0.3) is 0 Å². The van der Waals surface area contributed by atoms with E-state index in [2.05, 4.69) is 25.6 Å². The Hall–Kier alpha value is -2.04. The predicted molar refractivity (Wildman–Crippen MR) is 109 cm³/mol. The number of halogens is 2. The average Bonchev–Trinajstić information content (AvgIpc) is 2.92. The Kier molecular flexibility index (Phi) is 5.58. The molecule has 0 aliphatic carbocycles. The molecule has 156 valence electrons. The summed E-state index contributed by atoms with van der Waals surface area (Å²) in [6.45, 7) is 1.44. The van der Waals surface area contributed by atoms with E-state index in [-0.39, 0.29) is 17.8 Å². The van der Waals surface area contributed by atoms with E-state index in [0.29, 0.717) is 43.3 Å². The van der Waals surface area contributed by atoms with Crippen molar-refractivity contribution in [2.75, 3.05) is 36.5 Å². The number of anilines is 2. The fourth-order valence-corrected chi connectivity index (χ4v) is 4.86.